The highest BCUT2D eigenvalue weighted by Crippen LogP contribution is 2.55. The van der Waals surface area contributed by atoms with Crippen molar-refractivity contribution in [2.45, 2.75) is 24.2 Å². The fourth-order valence-corrected chi connectivity index (χ4v) is 4.23. The molecule has 1 aromatic heterocycles. The lowest BCUT2D eigenvalue weighted by molar-refractivity contribution is -0.348. The van der Waals surface area contributed by atoms with Gasteiger partial charge in [0.1, 0.15) is 5.69 Å². The van der Waals surface area contributed by atoms with Gasteiger partial charge in [-0.15, -0.1) is 0 Å². The van der Waals surface area contributed by atoms with E-state index in [-0.39, 0.29) is 22.8 Å². The fourth-order valence-electron chi connectivity index (χ4n) is 3.67. The summed E-state index contributed by atoms with van der Waals surface area (Å²) in [5.74, 6) is -1.97. The van der Waals surface area contributed by atoms with Crippen molar-refractivity contribution in [3.63, 3.8) is 0 Å². The summed E-state index contributed by atoms with van der Waals surface area (Å²) >= 11 is 2.43. The Balaban J connectivity index is 2.19. The van der Waals surface area contributed by atoms with E-state index >= 15 is 0 Å². The molecule has 2 amide bonds. The lowest BCUT2D eigenvalue weighted by Crippen LogP contribution is -2.50. The normalized spacial score (nSPS) is 12.7. The molecule has 0 radical (unpaired) electrons. The van der Waals surface area contributed by atoms with Gasteiger partial charge < -0.3 is 10.6 Å². The Hall–Kier alpha value is -3.69. The summed E-state index contributed by atoms with van der Waals surface area (Å²) in [5, 5.41) is 4.14. The molecule has 0 aliphatic rings. The predicted molar refractivity (Wildman–Crippen MR) is 125 cm³/mol. The molecule has 1 heterocycles. The second-order valence-corrected chi connectivity index (χ2v) is 8.87. The third-order valence-corrected chi connectivity index (χ3v) is 6.15. The van der Waals surface area contributed by atoms with Gasteiger partial charge in [-0.1, -0.05) is 24.3 Å². The molecule has 3 rings (SSSR count). The first-order valence-electron chi connectivity index (χ1n) is 10.7. The summed E-state index contributed by atoms with van der Waals surface area (Å²) < 4.78 is 134. The predicted octanol–water partition coefficient (Wildman–Crippen LogP) is 7.43. The van der Waals surface area contributed by atoms with Gasteiger partial charge in [-0.3, -0.25) is 14.6 Å². The van der Waals surface area contributed by atoms with Crippen molar-refractivity contribution in [3.05, 3.63) is 81.6 Å². The number of amides is 2. The molecule has 0 unspecified atom stereocenters. The Labute approximate surface area is 226 Å². The number of alkyl halides is 10. The number of hydrogen-bond acceptors (Lipinski definition) is 3. The Morgan fingerprint density at radius 1 is 0.800 bits per heavy atom. The maximum absolute atomic E-state index is 14.5. The summed E-state index contributed by atoms with van der Waals surface area (Å²) in [4.78, 5) is 29.2. The van der Waals surface area contributed by atoms with Crippen LogP contribution in [0.25, 0.3) is 11.1 Å². The summed E-state index contributed by atoms with van der Waals surface area (Å²) in [5.41, 5.74) is -12.5. The highest BCUT2D eigenvalue weighted by molar-refractivity contribution is 9.10. The molecule has 0 aliphatic heterocycles. The lowest BCUT2D eigenvalue weighted by atomic mass is 9.91. The number of hydrogen-bond donors (Lipinski definition) is 2. The SMILES string of the molecule is CNC(=O)c1ccccc1-c1cccnc1C(=O)Nc1c(Br)cc(C(F)(C(F)(F)F)C(F)(F)F)cc1C(F)(F)F. The molecule has 0 aliphatic carbocycles. The number of carbonyl (C=O) groups is 2. The maximum atomic E-state index is 14.5. The van der Waals surface area contributed by atoms with E-state index < -0.39 is 69.1 Å². The van der Waals surface area contributed by atoms with E-state index in [1.807, 2.05) is 0 Å². The van der Waals surface area contributed by atoms with E-state index in [2.05, 4.69) is 26.2 Å². The number of anilines is 1. The first-order valence-corrected chi connectivity index (χ1v) is 11.4. The molecule has 0 saturated heterocycles. The second-order valence-electron chi connectivity index (χ2n) is 8.01. The first kappa shape index (κ1) is 30.8. The number of aromatic nitrogens is 1. The molecule has 2 aromatic carbocycles. The average Bonchev–Trinajstić information content (AvgIpc) is 2.86. The van der Waals surface area contributed by atoms with Crippen molar-refractivity contribution in [2.75, 3.05) is 12.4 Å². The molecule has 0 spiro atoms. The minimum absolute atomic E-state index is 0.0441. The van der Waals surface area contributed by atoms with E-state index in [4.69, 9.17) is 0 Å². The standard InChI is InChI=1S/C24H14BrF10N3O2/c1-36-19(39)14-6-3-2-5-12(14)13-7-4-8-37-17(13)20(40)38-18-15(22(27,28)29)9-11(10-16(18)25)21(26,23(30,31)32)24(33,34)35/h2-10H,1H3,(H,36,39)(H,38,40). The van der Waals surface area contributed by atoms with E-state index in [1.165, 1.54) is 43.4 Å². The highest BCUT2D eigenvalue weighted by Gasteiger charge is 2.73. The zero-order chi connectivity index (χ0) is 30.3. The Bertz CT molecular complexity index is 1440. The van der Waals surface area contributed by atoms with Gasteiger partial charge in [0.15, 0.2) is 0 Å². The van der Waals surface area contributed by atoms with Crippen molar-refractivity contribution in [2.24, 2.45) is 0 Å². The van der Waals surface area contributed by atoms with Crippen LogP contribution in [0.2, 0.25) is 0 Å². The number of benzene rings is 2. The van der Waals surface area contributed by atoms with Gasteiger partial charge in [0.25, 0.3) is 11.8 Å². The summed E-state index contributed by atoms with van der Waals surface area (Å²) in [6.07, 6.45) is -17.9. The second kappa shape index (κ2) is 10.7. The highest BCUT2D eigenvalue weighted by atomic mass is 79.9. The molecule has 0 bridgehead atoms. The number of carbonyl (C=O) groups excluding carboxylic acids is 2. The van der Waals surface area contributed by atoms with Gasteiger partial charge in [-0.25, -0.2) is 4.39 Å². The van der Waals surface area contributed by atoms with Crippen molar-refractivity contribution in [1.29, 1.82) is 0 Å². The van der Waals surface area contributed by atoms with E-state index in [1.54, 1.807) is 5.32 Å². The van der Waals surface area contributed by atoms with Crippen LogP contribution in [0, 0.1) is 0 Å². The van der Waals surface area contributed by atoms with Crippen LogP contribution in [0.1, 0.15) is 32.0 Å². The third-order valence-electron chi connectivity index (χ3n) is 5.52. The largest absolute Gasteiger partial charge is 0.435 e. The lowest BCUT2D eigenvalue weighted by Gasteiger charge is -2.31. The molecule has 40 heavy (non-hydrogen) atoms. The van der Waals surface area contributed by atoms with E-state index in [0.717, 1.165) is 6.20 Å². The minimum atomic E-state index is -6.68. The Morgan fingerprint density at radius 3 is 1.93 bits per heavy atom. The van der Waals surface area contributed by atoms with Crippen LogP contribution < -0.4 is 10.6 Å². The topological polar surface area (TPSA) is 71.1 Å². The molecule has 5 nitrogen and oxygen atoms in total. The van der Waals surface area contributed by atoms with Gasteiger partial charge in [-0.2, -0.15) is 39.5 Å². The maximum Gasteiger partial charge on any atom is 0.435 e. The van der Waals surface area contributed by atoms with Crippen LogP contribution in [-0.4, -0.2) is 36.2 Å². The molecule has 16 heteroatoms. The zero-order valence-corrected chi connectivity index (χ0v) is 21.2. The number of nitrogens with one attached hydrogen (secondary N) is 2. The first-order chi connectivity index (χ1) is 18.3. The molecular weight excluding hydrogens is 632 g/mol. The molecule has 0 saturated carbocycles. The molecule has 214 valence electrons. The third kappa shape index (κ3) is 5.62. The quantitative estimate of drug-likeness (QED) is 0.284. The number of halogens is 11. The van der Waals surface area contributed by atoms with Gasteiger partial charge in [0.05, 0.1) is 11.3 Å². The van der Waals surface area contributed by atoms with Gasteiger partial charge in [0.2, 0.25) is 0 Å². The van der Waals surface area contributed by atoms with Crippen molar-refractivity contribution in [3.8, 4) is 11.1 Å². The average molecular weight is 646 g/mol. The molecular formula is C24H14BrF10N3O2. The fraction of sp³-hybridized carbons (Fsp3) is 0.208. The summed E-state index contributed by atoms with van der Waals surface area (Å²) in [6.45, 7) is 0. The summed E-state index contributed by atoms with van der Waals surface area (Å²) in [6, 6.07) is 7.56. The smallest absolute Gasteiger partial charge is 0.355 e. The van der Waals surface area contributed by atoms with Crippen LogP contribution in [0.5, 0.6) is 0 Å². The van der Waals surface area contributed by atoms with Crippen molar-refractivity contribution < 1.29 is 53.5 Å². The van der Waals surface area contributed by atoms with Gasteiger partial charge in [0, 0.05) is 34.4 Å². The van der Waals surface area contributed by atoms with Crippen LogP contribution in [0.15, 0.2) is 59.2 Å². The van der Waals surface area contributed by atoms with Crippen molar-refractivity contribution in [1.82, 2.24) is 10.3 Å². The van der Waals surface area contributed by atoms with Gasteiger partial charge >= 0.3 is 24.2 Å². The minimum Gasteiger partial charge on any atom is -0.355 e. The van der Waals surface area contributed by atoms with E-state index in [9.17, 15) is 53.5 Å². The monoisotopic (exact) mass is 645 g/mol. The zero-order valence-electron chi connectivity index (χ0n) is 19.6. The Kier molecular flexibility index (Phi) is 8.26. The van der Waals surface area contributed by atoms with Crippen LogP contribution in [0.4, 0.5) is 49.6 Å². The summed E-state index contributed by atoms with van der Waals surface area (Å²) in [7, 11) is 1.32. The van der Waals surface area contributed by atoms with E-state index in [0.29, 0.717) is 0 Å². The number of pyridine rings is 1. The van der Waals surface area contributed by atoms with Crippen LogP contribution >= 0.6 is 15.9 Å². The Morgan fingerprint density at radius 2 is 1.38 bits per heavy atom. The van der Waals surface area contributed by atoms with Crippen LogP contribution in [0.3, 0.4) is 0 Å². The number of nitrogens with zero attached hydrogens (tertiary/aromatic N) is 1. The number of rotatable bonds is 5. The molecule has 0 atom stereocenters. The molecule has 2 N–H and O–H groups in total. The molecule has 3 aromatic rings. The van der Waals surface area contributed by atoms with Gasteiger partial charge in [-0.05, 0) is 45.8 Å². The van der Waals surface area contributed by atoms with Crippen LogP contribution in [-0.2, 0) is 11.8 Å². The molecule has 0 fully saturated rings. The van der Waals surface area contributed by atoms with Crippen molar-refractivity contribution >= 4 is 33.4 Å².